The maximum atomic E-state index is 4.43. The summed E-state index contributed by atoms with van der Waals surface area (Å²) in [6, 6.07) is 8.48. The molecule has 0 aliphatic rings. The molecule has 0 aliphatic carbocycles. The summed E-state index contributed by atoms with van der Waals surface area (Å²) in [6.45, 7) is 2.82. The van der Waals surface area contributed by atoms with Gasteiger partial charge < -0.3 is 4.57 Å². The lowest BCUT2D eigenvalue weighted by Crippen LogP contribution is -2.05. The first-order valence-electron chi connectivity index (χ1n) is 5.98. The molecule has 0 spiro atoms. The molecular weight excluding hydrogens is 370 g/mol. The van der Waals surface area contributed by atoms with Crippen molar-refractivity contribution in [2.24, 2.45) is 7.05 Å². The van der Waals surface area contributed by atoms with E-state index in [1.165, 1.54) is 16.6 Å². The number of aryl methyl sites for hydroxylation is 2. The Morgan fingerprint density at radius 1 is 1.21 bits per heavy atom. The number of aromatic nitrogens is 3. The zero-order valence-electron chi connectivity index (χ0n) is 10.7. The normalized spacial score (nSPS) is 11.4. The van der Waals surface area contributed by atoms with Crippen molar-refractivity contribution >= 4 is 42.8 Å². The molecule has 0 saturated heterocycles. The highest BCUT2D eigenvalue weighted by atomic mass is 79.9. The number of fused-ring (bicyclic) bond motifs is 1. The van der Waals surface area contributed by atoms with Crippen molar-refractivity contribution in [2.75, 3.05) is 0 Å². The van der Waals surface area contributed by atoms with Gasteiger partial charge in [-0.3, -0.25) is 4.68 Å². The fourth-order valence-corrected chi connectivity index (χ4v) is 3.16. The molecule has 0 atom stereocenters. The molecule has 3 nitrogen and oxygen atoms in total. The van der Waals surface area contributed by atoms with Crippen molar-refractivity contribution in [1.29, 1.82) is 0 Å². The molecule has 1 aromatic carbocycles. The van der Waals surface area contributed by atoms with Crippen LogP contribution in [0.3, 0.4) is 0 Å². The fraction of sp³-hybridized carbons (Fsp3) is 0.214. The second-order valence-corrected chi connectivity index (χ2v) is 6.33. The second-order valence-electron chi connectivity index (χ2n) is 4.62. The highest BCUT2D eigenvalue weighted by molar-refractivity contribution is 9.10. The smallest absolute Gasteiger partial charge is 0.0739 e. The van der Waals surface area contributed by atoms with Gasteiger partial charge in [0.25, 0.3) is 0 Å². The van der Waals surface area contributed by atoms with Crippen molar-refractivity contribution in [3.8, 4) is 0 Å². The SMILES string of the molecule is Cc1nn(C)c(Cn2ccc3cc(Br)ccc32)c1Br. The van der Waals surface area contributed by atoms with Gasteiger partial charge in [0.15, 0.2) is 0 Å². The van der Waals surface area contributed by atoms with Crippen LogP contribution in [0.15, 0.2) is 39.4 Å². The Morgan fingerprint density at radius 3 is 2.68 bits per heavy atom. The quantitative estimate of drug-likeness (QED) is 0.649. The van der Waals surface area contributed by atoms with E-state index in [1.807, 2.05) is 18.7 Å². The average Bonchev–Trinajstić information content (AvgIpc) is 2.86. The van der Waals surface area contributed by atoms with E-state index in [4.69, 9.17) is 0 Å². The Hall–Kier alpha value is -1.07. The van der Waals surface area contributed by atoms with E-state index in [0.717, 1.165) is 21.2 Å². The van der Waals surface area contributed by atoms with Gasteiger partial charge >= 0.3 is 0 Å². The van der Waals surface area contributed by atoms with Gasteiger partial charge in [0.05, 0.1) is 22.4 Å². The maximum absolute atomic E-state index is 4.43. The third kappa shape index (κ3) is 2.25. The predicted molar refractivity (Wildman–Crippen MR) is 84.4 cm³/mol. The van der Waals surface area contributed by atoms with Gasteiger partial charge in [0.1, 0.15) is 0 Å². The fourth-order valence-electron chi connectivity index (χ4n) is 2.32. The van der Waals surface area contributed by atoms with E-state index in [1.54, 1.807) is 0 Å². The van der Waals surface area contributed by atoms with Gasteiger partial charge in [-0.1, -0.05) is 15.9 Å². The molecule has 98 valence electrons. The van der Waals surface area contributed by atoms with Crippen molar-refractivity contribution < 1.29 is 0 Å². The second kappa shape index (κ2) is 4.80. The van der Waals surface area contributed by atoms with E-state index in [-0.39, 0.29) is 0 Å². The Labute approximate surface area is 128 Å². The Bertz CT molecular complexity index is 755. The minimum atomic E-state index is 0.809. The minimum Gasteiger partial charge on any atom is -0.341 e. The molecule has 3 rings (SSSR count). The van der Waals surface area contributed by atoms with Crippen molar-refractivity contribution in [3.63, 3.8) is 0 Å². The average molecular weight is 383 g/mol. The zero-order chi connectivity index (χ0) is 13.6. The summed E-state index contributed by atoms with van der Waals surface area (Å²) in [6.07, 6.45) is 2.12. The van der Waals surface area contributed by atoms with Gasteiger partial charge in [-0.25, -0.2) is 0 Å². The topological polar surface area (TPSA) is 22.8 Å². The van der Waals surface area contributed by atoms with Crippen LogP contribution in [0.5, 0.6) is 0 Å². The third-order valence-corrected chi connectivity index (χ3v) is 4.84. The molecule has 0 aliphatic heterocycles. The first-order valence-corrected chi connectivity index (χ1v) is 7.57. The Balaban J connectivity index is 2.06. The number of benzene rings is 1. The van der Waals surface area contributed by atoms with Crippen LogP contribution in [-0.4, -0.2) is 14.3 Å². The molecule has 0 unspecified atom stereocenters. The monoisotopic (exact) mass is 381 g/mol. The predicted octanol–water partition coefficient (Wildman–Crippen LogP) is 4.26. The molecule has 0 bridgehead atoms. The molecule has 5 heteroatoms. The van der Waals surface area contributed by atoms with Crippen molar-refractivity contribution in [1.82, 2.24) is 14.3 Å². The number of hydrogen-bond donors (Lipinski definition) is 0. The van der Waals surface area contributed by atoms with Crippen molar-refractivity contribution in [3.05, 3.63) is 50.8 Å². The van der Waals surface area contributed by atoms with Gasteiger partial charge in [0, 0.05) is 28.6 Å². The van der Waals surface area contributed by atoms with Crippen molar-refractivity contribution in [2.45, 2.75) is 13.5 Å². The van der Waals surface area contributed by atoms with E-state index in [0.29, 0.717) is 0 Å². The minimum absolute atomic E-state index is 0.809. The lowest BCUT2D eigenvalue weighted by atomic mass is 10.2. The van der Waals surface area contributed by atoms with Crippen LogP contribution < -0.4 is 0 Å². The highest BCUT2D eigenvalue weighted by Crippen LogP contribution is 2.25. The molecule has 3 aromatic rings. The summed E-state index contributed by atoms with van der Waals surface area (Å²) in [4.78, 5) is 0. The zero-order valence-corrected chi connectivity index (χ0v) is 13.9. The molecule has 2 aromatic heterocycles. The van der Waals surface area contributed by atoms with E-state index in [2.05, 4.69) is 72.0 Å². The molecular formula is C14H13Br2N3. The van der Waals surface area contributed by atoms with Crippen LogP contribution in [0.2, 0.25) is 0 Å². The van der Waals surface area contributed by atoms with Gasteiger partial charge in [-0.15, -0.1) is 0 Å². The first kappa shape index (κ1) is 12.9. The summed E-state index contributed by atoms with van der Waals surface area (Å²) in [5, 5.41) is 5.67. The largest absolute Gasteiger partial charge is 0.341 e. The van der Waals surface area contributed by atoms with Gasteiger partial charge in [-0.05, 0) is 47.1 Å². The number of rotatable bonds is 2. The van der Waals surface area contributed by atoms with Crippen LogP contribution in [0.4, 0.5) is 0 Å². The first-order chi connectivity index (χ1) is 9.06. The molecule has 0 N–H and O–H groups in total. The lowest BCUT2D eigenvalue weighted by Gasteiger charge is -2.07. The summed E-state index contributed by atoms with van der Waals surface area (Å²) >= 11 is 7.12. The third-order valence-electron chi connectivity index (χ3n) is 3.31. The lowest BCUT2D eigenvalue weighted by molar-refractivity contribution is 0.671. The van der Waals surface area contributed by atoms with E-state index in [9.17, 15) is 0 Å². The maximum Gasteiger partial charge on any atom is 0.0739 e. The van der Waals surface area contributed by atoms with Crippen LogP contribution in [0, 0.1) is 6.92 Å². The highest BCUT2D eigenvalue weighted by Gasteiger charge is 2.12. The Kier molecular flexibility index (Phi) is 3.27. The van der Waals surface area contributed by atoms with E-state index < -0.39 is 0 Å². The van der Waals surface area contributed by atoms with E-state index >= 15 is 0 Å². The number of halogens is 2. The van der Waals surface area contributed by atoms with Crippen LogP contribution >= 0.6 is 31.9 Å². The summed E-state index contributed by atoms with van der Waals surface area (Å²) in [5.41, 5.74) is 3.43. The number of nitrogens with zero attached hydrogens (tertiary/aromatic N) is 3. The summed E-state index contributed by atoms with van der Waals surface area (Å²) in [5.74, 6) is 0. The van der Waals surface area contributed by atoms with Gasteiger partial charge in [-0.2, -0.15) is 5.10 Å². The standard InChI is InChI=1S/C14H13Br2N3/c1-9-14(16)13(18(2)17-9)8-19-6-5-10-7-11(15)3-4-12(10)19/h3-7H,8H2,1-2H3. The number of hydrogen-bond acceptors (Lipinski definition) is 1. The van der Waals surface area contributed by atoms with Crippen LogP contribution in [0.25, 0.3) is 10.9 Å². The summed E-state index contributed by atoms with van der Waals surface area (Å²) in [7, 11) is 1.98. The van der Waals surface area contributed by atoms with Crippen LogP contribution in [-0.2, 0) is 13.6 Å². The van der Waals surface area contributed by atoms with Crippen LogP contribution in [0.1, 0.15) is 11.4 Å². The Morgan fingerprint density at radius 2 is 2.00 bits per heavy atom. The molecule has 19 heavy (non-hydrogen) atoms. The molecule has 0 fully saturated rings. The summed E-state index contributed by atoms with van der Waals surface area (Å²) < 4.78 is 6.37. The molecule has 2 heterocycles. The molecule has 0 amide bonds. The molecule has 0 radical (unpaired) electrons. The molecule has 0 saturated carbocycles. The van der Waals surface area contributed by atoms with Gasteiger partial charge in [0.2, 0.25) is 0 Å².